The van der Waals surface area contributed by atoms with Gasteiger partial charge in [0.25, 0.3) is 5.56 Å². The highest BCUT2D eigenvalue weighted by atomic mass is 127. The van der Waals surface area contributed by atoms with E-state index < -0.39 is 0 Å². The minimum absolute atomic E-state index is 0.0340. The average Bonchev–Trinajstić information content (AvgIpc) is 2.53. The van der Waals surface area contributed by atoms with Gasteiger partial charge in [-0.2, -0.15) is 0 Å². The van der Waals surface area contributed by atoms with E-state index in [4.69, 9.17) is 4.98 Å². The van der Waals surface area contributed by atoms with Crippen molar-refractivity contribution in [3.05, 3.63) is 74.1 Å². The highest BCUT2D eigenvalue weighted by Crippen LogP contribution is 2.23. The van der Waals surface area contributed by atoms with Crippen molar-refractivity contribution >= 4 is 45.3 Å². The van der Waals surface area contributed by atoms with Gasteiger partial charge < -0.3 is 0 Å². The monoisotopic (exact) mass is 448 g/mol. The number of fused-ring (bicyclic) bond motifs is 1. The lowest BCUT2D eigenvalue weighted by Crippen LogP contribution is -2.22. The summed E-state index contributed by atoms with van der Waals surface area (Å²) in [5, 5.41) is 1.34. The lowest BCUT2D eigenvalue weighted by Gasteiger charge is -2.14. The highest BCUT2D eigenvalue weighted by Gasteiger charge is 2.14. The Morgan fingerprint density at radius 1 is 1.29 bits per heavy atom. The molecule has 0 unspecified atom stereocenters. The van der Waals surface area contributed by atoms with E-state index in [2.05, 4.69) is 29.2 Å². The number of nitrogens with zero attached hydrogens (tertiary/aromatic N) is 2. The first-order chi connectivity index (χ1) is 11.5. The Hall–Kier alpha value is -1.60. The summed E-state index contributed by atoms with van der Waals surface area (Å²) in [5.41, 5.74) is 3.70. The number of benzene rings is 2. The van der Waals surface area contributed by atoms with E-state index in [1.54, 1.807) is 4.57 Å². The molecule has 0 amide bonds. The molecule has 0 aliphatic rings. The van der Waals surface area contributed by atoms with Gasteiger partial charge in [0, 0.05) is 9.32 Å². The number of hydrogen-bond acceptors (Lipinski definition) is 3. The Balaban J connectivity index is 2.30. The Morgan fingerprint density at radius 3 is 2.79 bits per heavy atom. The summed E-state index contributed by atoms with van der Waals surface area (Å²) in [6.45, 7) is 7.94. The van der Waals surface area contributed by atoms with Crippen LogP contribution in [-0.2, 0) is 0 Å². The maximum Gasteiger partial charge on any atom is 0.266 e. The maximum absolute atomic E-state index is 13.1. The van der Waals surface area contributed by atoms with Crippen molar-refractivity contribution in [1.82, 2.24) is 9.55 Å². The number of thioether (sulfide) groups is 1. The largest absolute Gasteiger partial charge is 0.268 e. The zero-order chi connectivity index (χ0) is 17.3. The summed E-state index contributed by atoms with van der Waals surface area (Å²) >= 11 is 3.76. The molecule has 0 N–H and O–H groups in total. The summed E-state index contributed by atoms with van der Waals surface area (Å²) in [4.78, 5) is 17.9. The minimum atomic E-state index is -0.0340. The Kier molecular flexibility index (Phi) is 5.10. The van der Waals surface area contributed by atoms with Crippen LogP contribution < -0.4 is 5.56 Å². The number of aromatic nitrogens is 2. The quantitative estimate of drug-likeness (QED) is 0.245. The lowest BCUT2D eigenvalue weighted by atomic mass is 10.2. The molecule has 0 atom stereocenters. The zero-order valence-electron chi connectivity index (χ0n) is 13.5. The number of aryl methyl sites for hydroxylation is 1. The molecule has 0 fully saturated rings. The Morgan fingerprint density at radius 2 is 2.08 bits per heavy atom. The molecular weight excluding hydrogens is 431 g/mol. The fourth-order valence-electron chi connectivity index (χ4n) is 2.42. The van der Waals surface area contributed by atoms with Crippen LogP contribution in [0.1, 0.15) is 12.5 Å². The Labute approximate surface area is 159 Å². The summed E-state index contributed by atoms with van der Waals surface area (Å²) in [7, 11) is 0. The second-order valence-electron chi connectivity index (χ2n) is 5.78. The second kappa shape index (κ2) is 7.11. The number of hydrogen-bond donors (Lipinski definition) is 0. The van der Waals surface area contributed by atoms with E-state index in [1.165, 1.54) is 11.8 Å². The zero-order valence-corrected chi connectivity index (χ0v) is 16.5. The average molecular weight is 448 g/mol. The fourth-order valence-corrected chi connectivity index (χ4v) is 3.76. The molecular formula is C19H17IN2OS. The number of rotatable bonds is 4. The van der Waals surface area contributed by atoms with E-state index in [1.807, 2.05) is 56.3 Å². The molecule has 1 aromatic heterocycles. The SMILES string of the molecule is C=C(C)CSc1nc2ccc(I)cc2c(=O)n1-c1cccc(C)c1. The predicted molar refractivity (Wildman–Crippen MR) is 110 cm³/mol. The van der Waals surface area contributed by atoms with Gasteiger partial charge in [0.15, 0.2) is 5.16 Å². The van der Waals surface area contributed by atoms with Gasteiger partial charge in [0.05, 0.1) is 16.6 Å². The van der Waals surface area contributed by atoms with Gasteiger partial charge in [-0.25, -0.2) is 4.98 Å². The third-order valence-electron chi connectivity index (χ3n) is 3.51. The first-order valence-electron chi connectivity index (χ1n) is 7.52. The van der Waals surface area contributed by atoms with E-state index in [0.29, 0.717) is 10.5 Å². The molecule has 0 bridgehead atoms. The van der Waals surface area contributed by atoms with Crippen LogP contribution in [0.2, 0.25) is 0 Å². The van der Waals surface area contributed by atoms with Gasteiger partial charge in [-0.3, -0.25) is 9.36 Å². The topological polar surface area (TPSA) is 34.9 Å². The highest BCUT2D eigenvalue weighted by molar-refractivity contribution is 14.1. The Bertz CT molecular complexity index is 994. The molecule has 2 aromatic carbocycles. The third-order valence-corrected chi connectivity index (χ3v) is 5.35. The minimum Gasteiger partial charge on any atom is -0.268 e. The van der Waals surface area contributed by atoms with Crippen LogP contribution in [0, 0.1) is 10.5 Å². The molecule has 0 aliphatic heterocycles. The first kappa shape index (κ1) is 17.2. The molecule has 0 aliphatic carbocycles. The molecule has 0 radical (unpaired) electrons. The lowest BCUT2D eigenvalue weighted by molar-refractivity contribution is 0.819. The van der Waals surface area contributed by atoms with E-state index in [0.717, 1.165) is 31.7 Å². The molecule has 0 saturated heterocycles. The van der Waals surface area contributed by atoms with Crippen molar-refractivity contribution in [1.29, 1.82) is 0 Å². The van der Waals surface area contributed by atoms with Crippen molar-refractivity contribution in [3.8, 4) is 5.69 Å². The van der Waals surface area contributed by atoms with Gasteiger partial charge in [-0.05, 0) is 72.3 Å². The normalized spacial score (nSPS) is 11.0. The summed E-state index contributed by atoms with van der Waals surface area (Å²) in [6.07, 6.45) is 0. The molecule has 122 valence electrons. The molecule has 0 spiro atoms. The van der Waals surface area contributed by atoms with Crippen LogP contribution >= 0.6 is 34.4 Å². The molecule has 24 heavy (non-hydrogen) atoms. The summed E-state index contributed by atoms with van der Waals surface area (Å²) < 4.78 is 2.73. The molecule has 1 heterocycles. The summed E-state index contributed by atoms with van der Waals surface area (Å²) in [5.74, 6) is 0.730. The van der Waals surface area contributed by atoms with Gasteiger partial charge in [-0.15, -0.1) is 0 Å². The fraction of sp³-hybridized carbons (Fsp3) is 0.158. The van der Waals surface area contributed by atoms with Gasteiger partial charge in [-0.1, -0.05) is 36.0 Å². The summed E-state index contributed by atoms with van der Waals surface area (Å²) in [6, 6.07) is 13.7. The van der Waals surface area contributed by atoms with Crippen molar-refractivity contribution in [3.63, 3.8) is 0 Å². The van der Waals surface area contributed by atoms with Crippen LogP contribution in [0.4, 0.5) is 0 Å². The predicted octanol–water partition coefficient (Wildman–Crippen LogP) is 4.97. The standard InChI is InChI=1S/C19H17IN2OS/c1-12(2)11-24-19-21-17-8-7-14(20)10-16(17)18(23)22(19)15-6-4-5-13(3)9-15/h4-10H,1,11H2,2-3H3. The van der Waals surface area contributed by atoms with Crippen LogP contribution in [0.15, 0.2) is 64.6 Å². The molecule has 5 heteroatoms. The molecule has 3 aromatic rings. The van der Waals surface area contributed by atoms with Gasteiger partial charge in [0.1, 0.15) is 0 Å². The van der Waals surface area contributed by atoms with Crippen molar-refractivity contribution in [2.45, 2.75) is 19.0 Å². The van der Waals surface area contributed by atoms with Crippen molar-refractivity contribution < 1.29 is 0 Å². The molecule has 3 nitrogen and oxygen atoms in total. The van der Waals surface area contributed by atoms with Crippen LogP contribution in [0.25, 0.3) is 16.6 Å². The molecule has 3 rings (SSSR count). The first-order valence-corrected chi connectivity index (χ1v) is 9.58. The maximum atomic E-state index is 13.1. The van der Waals surface area contributed by atoms with Crippen molar-refractivity contribution in [2.75, 3.05) is 5.75 Å². The van der Waals surface area contributed by atoms with Crippen LogP contribution in [-0.4, -0.2) is 15.3 Å². The van der Waals surface area contributed by atoms with E-state index in [9.17, 15) is 4.79 Å². The molecule has 0 saturated carbocycles. The number of halogens is 1. The second-order valence-corrected chi connectivity index (χ2v) is 7.97. The van der Waals surface area contributed by atoms with Crippen LogP contribution in [0.5, 0.6) is 0 Å². The van der Waals surface area contributed by atoms with Gasteiger partial charge >= 0.3 is 0 Å². The van der Waals surface area contributed by atoms with Crippen LogP contribution in [0.3, 0.4) is 0 Å². The van der Waals surface area contributed by atoms with E-state index >= 15 is 0 Å². The third kappa shape index (κ3) is 3.57. The van der Waals surface area contributed by atoms with Crippen molar-refractivity contribution in [2.24, 2.45) is 0 Å². The van der Waals surface area contributed by atoms with E-state index in [-0.39, 0.29) is 5.56 Å². The van der Waals surface area contributed by atoms with Gasteiger partial charge in [0.2, 0.25) is 0 Å². The smallest absolute Gasteiger partial charge is 0.266 e.